The molecule has 2 aromatic rings. The minimum atomic E-state index is -1.31. The van der Waals surface area contributed by atoms with Gasteiger partial charge in [-0.05, 0) is 51.0 Å². The predicted molar refractivity (Wildman–Crippen MR) is 123 cm³/mol. The normalized spacial score (nSPS) is 26.8. The summed E-state index contributed by atoms with van der Waals surface area (Å²) >= 11 is 3.22. The Balaban J connectivity index is 2.03. The van der Waals surface area contributed by atoms with Gasteiger partial charge in [0.25, 0.3) is 0 Å². The summed E-state index contributed by atoms with van der Waals surface area (Å²) in [7, 11) is 1.54. The summed E-state index contributed by atoms with van der Waals surface area (Å²) in [5.41, 5.74) is -0.123. The van der Waals surface area contributed by atoms with E-state index in [9.17, 15) is 14.7 Å². The maximum absolute atomic E-state index is 15.4. The number of hydrogen-bond acceptors (Lipinski definition) is 4. The van der Waals surface area contributed by atoms with Crippen molar-refractivity contribution in [3.8, 4) is 5.75 Å². The van der Waals surface area contributed by atoms with Gasteiger partial charge in [0.15, 0.2) is 0 Å². The number of ether oxygens (including phenoxy) is 1. The van der Waals surface area contributed by atoms with Gasteiger partial charge in [0.1, 0.15) is 23.0 Å². The van der Waals surface area contributed by atoms with Crippen LogP contribution in [0.15, 0.2) is 40.9 Å². The summed E-state index contributed by atoms with van der Waals surface area (Å²) in [6, 6.07) is 8.37. The first-order valence-corrected chi connectivity index (χ1v) is 11.2. The van der Waals surface area contributed by atoms with Crippen molar-refractivity contribution in [1.82, 2.24) is 5.32 Å². The molecular weight excluding hydrogens is 479 g/mol. The van der Waals surface area contributed by atoms with E-state index in [4.69, 9.17) is 4.74 Å². The van der Waals surface area contributed by atoms with Crippen molar-refractivity contribution < 1.29 is 23.8 Å². The molecule has 8 heteroatoms. The van der Waals surface area contributed by atoms with Crippen molar-refractivity contribution >= 4 is 33.5 Å². The highest BCUT2D eigenvalue weighted by Crippen LogP contribution is 2.57. The van der Waals surface area contributed by atoms with E-state index in [0.29, 0.717) is 23.4 Å². The molecule has 1 fully saturated rings. The van der Waals surface area contributed by atoms with Crippen molar-refractivity contribution in [2.45, 2.75) is 50.6 Å². The van der Waals surface area contributed by atoms with Crippen LogP contribution in [-0.4, -0.2) is 36.2 Å². The van der Waals surface area contributed by atoms with Crippen molar-refractivity contribution in [3.63, 3.8) is 0 Å². The molecule has 4 atom stereocenters. The van der Waals surface area contributed by atoms with Crippen LogP contribution in [0.4, 0.5) is 10.1 Å². The molecule has 2 aromatic carbocycles. The van der Waals surface area contributed by atoms with E-state index in [0.717, 1.165) is 0 Å². The lowest BCUT2D eigenvalue weighted by Crippen LogP contribution is -2.49. The number of carbonyl (C=O) groups is 2. The molecule has 1 amide bonds. The van der Waals surface area contributed by atoms with E-state index < -0.39 is 35.2 Å². The van der Waals surface area contributed by atoms with Gasteiger partial charge in [-0.2, -0.15) is 0 Å². The fourth-order valence-corrected chi connectivity index (χ4v) is 5.65. The highest BCUT2D eigenvalue weighted by atomic mass is 79.9. The third-order valence-corrected chi connectivity index (χ3v) is 7.06. The van der Waals surface area contributed by atoms with Crippen LogP contribution >= 0.6 is 15.9 Å². The first-order chi connectivity index (χ1) is 15.0. The molecule has 2 aliphatic rings. The van der Waals surface area contributed by atoms with Gasteiger partial charge in [-0.3, -0.25) is 14.9 Å². The molecule has 0 unspecified atom stereocenters. The van der Waals surface area contributed by atoms with Gasteiger partial charge in [-0.1, -0.05) is 39.0 Å². The van der Waals surface area contributed by atoms with E-state index in [-0.39, 0.29) is 21.4 Å². The van der Waals surface area contributed by atoms with Crippen LogP contribution in [0.3, 0.4) is 0 Å². The number of fused-ring (bicyclic) bond motifs is 2. The molecule has 2 heterocycles. The van der Waals surface area contributed by atoms with Gasteiger partial charge < -0.3 is 15.2 Å². The molecule has 3 N–H and O–H groups in total. The Kier molecular flexibility index (Phi) is 5.57. The number of nitrogens with one attached hydrogen (secondary N) is 2. The van der Waals surface area contributed by atoms with Crippen LogP contribution in [0.2, 0.25) is 0 Å². The SMILES string of the molecule is COc1ccc2c(c1)NC(=O)[C@]21[C@@H](CC(C)(C)C)N[C@@H](C(=O)O)[C@@H]1c1cccc(Br)c1F. The van der Waals surface area contributed by atoms with Gasteiger partial charge >= 0.3 is 5.97 Å². The molecule has 4 rings (SSSR count). The van der Waals surface area contributed by atoms with Gasteiger partial charge in [0.05, 0.1) is 11.6 Å². The second kappa shape index (κ2) is 7.85. The summed E-state index contributed by atoms with van der Waals surface area (Å²) in [5.74, 6) is -2.41. The monoisotopic (exact) mass is 504 g/mol. The van der Waals surface area contributed by atoms with Gasteiger partial charge in [-0.15, -0.1) is 0 Å². The molecule has 1 spiro atoms. The summed E-state index contributed by atoms with van der Waals surface area (Å²) in [6.07, 6.45) is 0.516. The number of benzene rings is 2. The number of rotatable bonds is 4. The van der Waals surface area contributed by atoms with Crippen LogP contribution in [0, 0.1) is 11.2 Å². The van der Waals surface area contributed by atoms with Crippen molar-refractivity contribution in [2.24, 2.45) is 5.41 Å². The van der Waals surface area contributed by atoms with Gasteiger partial charge in [0.2, 0.25) is 5.91 Å². The van der Waals surface area contributed by atoms with E-state index in [1.807, 2.05) is 20.8 Å². The Bertz CT molecular complexity index is 1100. The Labute approximate surface area is 194 Å². The number of carboxylic acid groups (broad SMARTS) is 1. The third-order valence-electron chi connectivity index (χ3n) is 6.45. The number of aliphatic carboxylic acids is 1. The predicted octanol–water partition coefficient (Wildman–Crippen LogP) is 4.43. The zero-order chi connectivity index (χ0) is 23.4. The number of methoxy groups -OCH3 is 1. The molecular formula is C24H26BrFN2O4. The van der Waals surface area contributed by atoms with E-state index in [1.165, 1.54) is 7.11 Å². The summed E-state index contributed by atoms with van der Waals surface area (Å²) in [5, 5.41) is 16.3. The summed E-state index contributed by atoms with van der Waals surface area (Å²) in [6.45, 7) is 6.10. The third kappa shape index (κ3) is 3.40. The number of halogens is 2. The minimum absolute atomic E-state index is 0.189. The van der Waals surface area contributed by atoms with Crippen molar-refractivity contribution in [3.05, 3.63) is 57.8 Å². The van der Waals surface area contributed by atoms with Crippen LogP contribution in [0.1, 0.15) is 44.2 Å². The standard InChI is InChI=1S/C24H26BrFN2O4/c1-23(2,3)11-17-24(14-9-8-12(32-4)10-16(14)27-22(24)31)18(20(28-17)21(29)30)13-6-5-7-15(25)19(13)26/h5-10,17-18,20,28H,11H2,1-4H3,(H,27,31)(H,29,30)/t17-,18+,20-,24+/m1/s1. The zero-order valence-corrected chi connectivity index (χ0v) is 19.9. The number of anilines is 1. The lowest BCUT2D eigenvalue weighted by atomic mass is 9.62. The summed E-state index contributed by atoms with van der Waals surface area (Å²) in [4.78, 5) is 26.2. The first-order valence-electron chi connectivity index (χ1n) is 10.4. The highest BCUT2D eigenvalue weighted by Gasteiger charge is 2.66. The number of amides is 1. The van der Waals surface area contributed by atoms with Crippen LogP contribution < -0.4 is 15.4 Å². The fraction of sp³-hybridized carbons (Fsp3) is 0.417. The number of carbonyl (C=O) groups excluding carboxylic acids is 1. The summed E-state index contributed by atoms with van der Waals surface area (Å²) < 4.78 is 20.9. The van der Waals surface area contributed by atoms with E-state index >= 15 is 4.39 Å². The second-order valence-corrected chi connectivity index (χ2v) is 10.5. The van der Waals surface area contributed by atoms with Crippen LogP contribution in [0.25, 0.3) is 0 Å². The second-order valence-electron chi connectivity index (χ2n) is 9.66. The maximum Gasteiger partial charge on any atom is 0.321 e. The quantitative estimate of drug-likeness (QED) is 0.573. The van der Waals surface area contributed by atoms with E-state index in [1.54, 1.807) is 36.4 Å². The Morgan fingerprint density at radius 1 is 1.28 bits per heavy atom. The molecule has 170 valence electrons. The first kappa shape index (κ1) is 22.7. The molecule has 0 saturated carbocycles. The van der Waals surface area contributed by atoms with Crippen molar-refractivity contribution in [1.29, 1.82) is 0 Å². The largest absolute Gasteiger partial charge is 0.497 e. The number of carboxylic acids is 1. The fourth-order valence-electron chi connectivity index (χ4n) is 5.27. The molecule has 6 nitrogen and oxygen atoms in total. The van der Waals surface area contributed by atoms with E-state index in [2.05, 4.69) is 26.6 Å². The molecule has 0 aliphatic carbocycles. The highest BCUT2D eigenvalue weighted by molar-refractivity contribution is 9.10. The molecule has 0 aromatic heterocycles. The van der Waals surface area contributed by atoms with Gasteiger partial charge in [0, 0.05) is 23.7 Å². The molecule has 2 aliphatic heterocycles. The lowest BCUT2D eigenvalue weighted by Gasteiger charge is -2.37. The maximum atomic E-state index is 15.4. The number of hydrogen-bond donors (Lipinski definition) is 3. The lowest BCUT2D eigenvalue weighted by molar-refractivity contribution is -0.139. The minimum Gasteiger partial charge on any atom is -0.497 e. The topological polar surface area (TPSA) is 87.7 Å². The Hall–Kier alpha value is -2.45. The zero-order valence-electron chi connectivity index (χ0n) is 18.3. The Morgan fingerprint density at radius 3 is 2.62 bits per heavy atom. The smallest absolute Gasteiger partial charge is 0.321 e. The van der Waals surface area contributed by atoms with Crippen LogP contribution in [-0.2, 0) is 15.0 Å². The van der Waals surface area contributed by atoms with Gasteiger partial charge in [-0.25, -0.2) is 4.39 Å². The molecule has 0 radical (unpaired) electrons. The van der Waals surface area contributed by atoms with Crippen LogP contribution in [0.5, 0.6) is 5.75 Å². The van der Waals surface area contributed by atoms with Crippen molar-refractivity contribution in [2.75, 3.05) is 12.4 Å². The molecule has 0 bridgehead atoms. The molecule has 1 saturated heterocycles. The average molecular weight is 505 g/mol. The average Bonchev–Trinajstić information content (AvgIpc) is 3.19. The molecule has 32 heavy (non-hydrogen) atoms. The Morgan fingerprint density at radius 2 is 2.00 bits per heavy atom.